The molecule has 1 aromatic rings. The number of hydrogen-bond acceptors (Lipinski definition) is 4. The van der Waals surface area contributed by atoms with E-state index in [1.807, 2.05) is 20.8 Å². The van der Waals surface area contributed by atoms with Crippen LogP contribution in [0.1, 0.15) is 38.1 Å². The first-order valence-electron chi connectivity index (χ1n) is 5.94. The zero-order chi connectivity index (χ0) is 13.3. The Morgan fingerprint density at radius 2 is 2.33 bits per heavy atom. The number of thiazole rings is 1. The van der Waals surface area contributed by atoms with Gasteiger partial charge < -0.3 is 9.64 Å². The van der Waals surface area contributed by atoms with E-state index in [0.717, 1.165) is 18.0 Å². The molecule has 2 heterocycles. The second-order valence-corrected chi connectivity index (χ2v) is 7.11. The van der Waals surface area contributed by atoms with E-state index in [1.54, 1.807) is 11.1 Å². The zero-order valence-electron chi connectivity index (χ0n) is 10.8. The Labute approximate surface area is 116 Å². The predicted molar refractivity (Wildman–Crippen MR) is 72.3 cm³/mol. The summed E-state index contributed by atoms with van der Waals surface area (Å²) in [5.74, 6) is 0.287. The maximum atomic E-state index is 11.9. The molecule has 4 nitrogen and oxygen atoms in total. The minimum Gasteiger partial charge on any atom is -0.444 e. The molecule has 0 radical (unpaired) electrons. The number of likely N-dealkylation sites (tertiary alicyclic amines) is 1. The third-order valence-electron chi connectivity index (χ3n) is 2.68. The average Bonchev–Trinajstić information content (AvgIpc) is 2.82. The van der Waals surface area contributed by atoms with E-state index in [0.29, 0.717) is 10.9 Å². The summed E-state index contributed by atoms with van der Waals surface area (Å²) in [6.45, 7) is 7.01. The molecule has 1 aliphatic heterocycles. The topological polar surface area (TPSA) is 42.4 Å². The van der Waals surface area contributed by atoms with E-state index in [-0.39, 0.29) is 12.0 Å². The van der Waals surface area contributed by atoms with Gasteiger partial charge in [0, 0.05) is 19.0 Å². The molecular weight excluding hydrogens is 272 g/mol. The lowest BCUT2D eigenvalue weighted by Gasteiger charge is -2.24. The summed E-state index contributed by atoms with van der Waals surface area (Å²) in [5.41, 5.74) is -0.445. The van der Waals surface area contributed by atoms with Gasteiger partial charge in [-0.25, -0.2) is 9.78 Å². The highest BCUT2D eigenvalue weighted by atomic mass is 35.5. The molecule has 1 atom stereocenters. The van der Waals surface area contributed by atoms with Gasteiger partial charge in [-0.05, 0) is 27.2 Å². The molecule has 0 aromatic carbocycles. The van der Waals surface area contributed by atoms with E-state index in [2.05, 4.69) is 4.98 Å². The van der Waals surface area contributed by atoms with E-state index < -0.39 is 5.60 Å². The van der Waals surface area contributed by atoms with Gasteiger partial charge in [-0.15, -0.1) is 11.3 Å². The van der Waals surface area contributed by atoms with Crippen molar-refractivity contribution < 1.29 is 9.53 Å². The van der Waals surface area contributed by atoms with Crippen molar-refractivity contribution in [2.24, 2.45) is 0 Å². The van der Waals surface area contributed by atoms with Crippen molar-refractivity contribution in [2.75, 3.05) is 13.1 Å². The fraction of sp³-hybridized carbons (Fsp3) is 0.667. The largest absolute Gasteiger partial charge is 0.444 e. The third kappa shape index (κ3) is 3.36. The predicted octanol–water partition coefficient (Wildman–Crippen LogP) is 3.52. The Morgan fingerprint density at radius 1 is 1.61 bits per heavy atom. The number of carbonyl (C=O) groups excluding carboxylic acids is 1. The Hall–Kier alpha value is -0.810. The molecule has 0 N–H and O–H groups in total. The molecular formula is C12H17ClN2O2S. The van der Waals surface area contributed by atoms with Crippen LogP contribution in [0, 0.1) is 0 Å². The molecule has 1 unspecified atom stereocenters. The van der Waals surface area contributed by atoms with Gasteiger partial charge in [0.2, 0.25) is 0 Å². The minimum atomic E-state index is -0.445. The Morgan fingerprint density at radius 3 is 2.89 bits per heavy atom. The van der Waals surface area contributed by atoms with Gasteiger partial charge in [-0.2, -0.15) is 0 Å². The van der Waals surface area contributed by atoms with Crippen molar-refractivity contribution in [3.8, 4) is 0 Å². The van der Waals surface area contributed by atoms with Gasteiger partial charge in [0.1, 0.15) is 9.94 Å². The van der Waals surface area contributed by atoms with Crippen molar-refractivity contribution in [3.05, 3.63) is 15.5 Å². The van der Waals surface area contributed by atoms with E-state index >= 15 is 0 Å². The first kappa shape index (κ1) is 13.6. The molecule has 100 valence electrons. The van der Waals surface area contributed by atoms with Crippen molar-refractivity contribution in [1.29, 1.82) is 0 Å². The van der Waals surface area contributed by atoms with Crippen molar-refractivity contribution in [3.63, 3.8) is 0 Å². The summed E-state index contributed by atoms with van der Waals surface area (Å²) in [6.07, 6.45) is 2.34. The normalized spacial score (nSPS) is 20.2. The molecule has 0 spiro atoms. The summed E-state index contributed by atoms with van der Waals surface area (Å²) < 4.78 is 6.05. The van der Waals surface area contributed by atoms with Gasteiger partial charge in [-0.3, -0.25) is 0 Å². The van der Waals surface area contributed by atoms with Crippen LogP contribution in [0.25, 0.3) is 0 Å². The summed E-state index contributed by atoms with van der Waals surface area (Å²) in [5, 5.41) is 1.01. The van der Waals surface area contributed by atoms with Crippen LogP contribution in [-0.2, 0) is 4.74 Å². The number of halogens is 1. The number of amides is 1. The number of aromatic nitrogens is 1. The van der Waals surface area contributed by atoms with Crippen LogP contribution in [0.5, 0.6) is 0 Å². The molecule has 0 saturated carbocycles. The summed E-state index contributed by atoms with van der Waals surface area (Å²) >= 11 is 7.36. The number of carbonyl (C=O) groups is 1. The first-order chi connectivity index (χ1) is 8.35. The quantitative estimate of drug-likeness (QED) is 0.794. The average molecular weight is 289 g/mol. The molecule has 6 heteroatoms. The SMILES string of the molecule is CC(C)(C)OC(=O)N1CCC(c2ncc(Cl)s2)C1. The maximum absolute atomic E-state index is 11.9. The number of ether oxygens (including phenoxy) is 1. The molecule has 1 saturated heterocycles. The van der Waals surface area contributed by atoms with Crippen molar-refractivity contribution >= 4 is 29.0 Å². The highest BCUT2D eigenvalue weighted by Crippen LogP contribution is 2.32. The standard InChI is InChI=1S/C12H17ClN2O2S/c1-12(2,3)17-11(16)15-5-4-8(7-15)10-14-6-9(13)18-10/h6,8H,4-5,7H2,1-3H3. The smallest absolute Gasteiger partial charge is 0.410 e. The van der Waals surface area contributed by atoms with Crippen LogP contribution in [-0.4, -0.2) is 34.7 Å². The van der Waals surface area contributed by atoms with Gasteiger partial charge >= 0.3 is 6.09 Å². The summed E-state index contributed by atoms with van der Waals surface area (Å²) in [4.78, 5) is 17.9. The summed E-state index contributed by atoms with van der Waals surface area (Å²) in [6, 6.07) is 0. The third-order valence-corrected chi connectivity index (χ3v) is 3.96. The second kappa shape index (κ2) is 5.05. The van der Waals surface area contributed by atoms with Crippen LogP contribution in [0.2, 0.25) is 4.34 Å². The van der Waals surface area contributed by atoms with Gasteiger partial charge in [0.25, 0.3) is 0 Å². The van der Waals surface area contributed by atoms with Gasteiger partial charge in [-0.1, -0.05) is 11.6 Å². The molecule has 0 bridgehead atoms. The van der Waals surface area contributed by atoms with Crippen LogP contribution in [0.3, 0.4) is 0 Å². The van der Waals surface area contributed by atoms with Crippen LogP contribution < -0.4 is 0 Å². The lowest BCUT2D eigenvalue weighted by Crippen LogP contribution is -2.35. The Balaban J connectivity index is 1.94. The molecule has 1 aromatic heterocycles. The number of hydrogen-bond donors (Lipinski definition) is 0. The van der Waals surface area contributed by atoms with E-state index in [9.17, 15) is 4.79 Å². The Kier molecular flexibility index (Phi) is 3.82. The first-order valence-corrected chi connectivity index (χ1v) is 7.14. The van der Waals surface area contributed by atoms with Crippen LogP contribution in [0.15, 0.2) is 6.20 Å². The van der Waals surface area contributed by atoms with Gasteiger partial charge in [0.15, 0.2) is 0 Å². The number of rotatable bonds is 1. The van der Waals surface area contributed by atoms with Crippen LogP contribution >= 0.6 is 22.9 Å². The fourth-order valence-corrected chi connectivity index (χ4v) is 2.97. The molecule has 18 heavy (non-hydrogen) atoms. The van der Waals surface area contributed by atoms with Gasteiger partial charge in [0.05, 0.1) is 11.2 Å². The second-order valence-electron chi connectivity index (χ2n) is 5.41. The summed E-state index contributed by atoms with van der Waals surface area (Å²) in [7, 11) is 0. The monoisotopic (exact) mass is 288 g/mol. The minimum absolute atomic E-state index is 0.243. The highest BCUT2D eigenvalue weighted by molar-refractivity contribution is 7.15. The molecule has 0 aliphatic carbocycles. The fourth-order valence-electron chi connectivity index (χ4n) is 1.91. The molecule has 1 fully saturated rings. The van der Waals surface area contributed by atoms with E-state index in [4.69, 9.17) is 16.3 Å². The lowest BCUT2D eigenvalue weighted by atomic mass is 10.1. The van der Waals surface area contributed by atoms with E-state index in [1.165, 1.54) is 11.3 Å². The Bertz CT molecular complexity index is 442. The zero-order valence-corrected chi connectivity index (χ0v) is 12.3. The van der Waals surface area contributed by atoms with Crippen LogP contribution in [0.4, 0.5) is 4.79 Å². The molecule has 1 aliphatic rings. The maximum Gasteiger partial charge on any atom is 0.410 e. The number of nitrogens with zero attached hydrogens (tertiary/aromatic N) is 2. The van der Waals surface area contributed by atoms with Crippen molar-refractivity contribution in [1.82, 2.24) is 9.88 Å². The molecule has 2 rings (SSSR count). The lowest BCUT2D eigenvalue weighted by molar-refractivity contribution is 0.0292. The highest BCUT2D eigenvalue weighted by Gasteiger charge is 2.31. The molecule has 1 amide bonds. The van der Waals surface area contributed by atoms with Crippen molar-refractivity contribution in [2.45, 2.75) is 38.7 Å².